The lowest BCUT2D eigenvalue weighted by Crippen LogP contribution is -2.08. The van der Waals surface area contributed by atoms with Gasteiger partial charge in [0.25, 0.3) is 0 Å². The zero-order chi connectivity index (χ0) is 15.6. The van der Waals surface area contributed by atoms with E-state index in [1.807, 2.05) is 0 Å². The summed E-state index contributed by atoms with van der Waals surface area (Å²) in [6.45, 7) is 0. The molecule has 0 spiro atoms. The Morgan fingerprint density at radius 1 is 1.10 bits per heavy atom. The van der Waals surface area contributed by atoms with Crippen LogP contribution in [0.15, 0.2) is 40.9 Å². The van der Waals surface area contributed by atoms with Crippen LogP contribution < -0.4 is 10.5 Å². The van der Waals surface area contributed by atoms with Gasteiger partial charge in [-0.25, -0.2) is 0 Å². The highest BCUT2D eigenvalue weighted by Crippen LogP contribution is 2.40. The van der Waals surface area contributed by atoms with E-state index < -0.39 is 17.5 Å². The number of alkyl halides is 3. The molecule has 2 aromatic rings. The summed E-state index contributed by atoms with van der Waals surface area (Å²) in [5.74, 6) is -0.302. The molecule has 108 valence electrons. The molecule has 0 aromatic heterocycles. The van der Waals surface area contributed by atoms with Gasteiger partial charge < -0.3 is 10.5 Å². The van der Waals surface area contributed by atoms with Crippen LogP contribution in [0.25, 0.3) is 0 Å². The molecule has 0 aliphatic heterocycles. The van der Waals surface area contributed by atoms with E-state index in [0.29, 0.717) is 4.47 Å². The van der Waals surface area contributed by atoms with Crippen LogP contribution >= 0.6 is 15.9 Å². The standard InChI is InChI=1S/C14H8BrF3N2O/c15-9-2-4-13(11(20)6-9)21-12-3-1-8(7-19)5-10(12)14(16,17)18/h1-6H,20H2. The molecular formula is C14H8BrF3N2O. The van der Waals surface area contributed by atoms with E-state index in [2.05, 4.69) is 15.9 Å². The first-order chi connectivity index (χ1) is 9.81. The molecule has 0 unspecified atom stereocenters. The molecule has 0 saturated carbocycles. The van der Waals surface area contributed by atoms with Gasteiger partial charge in [-0.15, -0.1) is 0 Å². The number of ether oxygens (including phenoxy) is 1. The molecular weight excluding hydrogens is 349 g/mol. The van der Waals surface area contributed by atoms with Crippen molar-refractivity contribution in [2.24, 2.45) is 0 Å². The van der Waals surface area contributed by atoms with Gasteiger partial charge in [0, 0.05) is 4.47 Å². The Morgan fingerprint density at radius 3 is 2.33 bits per heavy atom. The van der Waals surface area contributed by atoms with E-state index >= 15 is 0 Å². The number of benzene rings is 2. The molecule has 0 amide bonds. The fraction of sp³-hybridized carbons (Fsp3) is 0.0714. The third-order valence-corrected chi connectivity index (χ3v) is 3.10. The van der Waals surface area contributed by atoms with Crippen molar-refractivity contribution in [2.45, 2.75) is 6.18 Å². The predicted octanol–water partition coefficient (Wildman–Crippen LogP) is 4.71. The number of hydrogen-bond acceptors (Lipinski definition) is 3. The fourth-order valence-corrected chi connectivity index (χ4v) is 2.02. The first kappa shape index (κ1) is 15.2. The summed E-state index contributed by atoms with van der Waals surface area (Å²) in [7, 11) is 0. The maximum absolute atomic E-state index is 13.0. The van der Waals surface area contributed by atoms with Crippen LogP contribution in [0.4, 0.5) is 18.9 Å². The van der Waals surface area contributed by atoms with E-state index in [-0.39, 0.29) is 17.0 Å². The normalized spacial score (nSPS) is 11.0. The average molecular weight is 357 g/mol. The second-order valence-corrected chi connectivity index (χ2v) is 5.02. The first-order valence-electron chi connectivity index (χ1n) is 5.65. The van der Waals surface area contributed by atoms with Gasteiger partial charge in [-0.2, -0.15) is 18.4 Å². The Balaban J connectivity index is 2.47. The number of nitriles is 1. The number of halogens is 4. The first-order valence-corrected chi connectivity index (χ1v) is 6.45. The fourth-order valence-electron chi connectivity index (χ4n) is 1.64. The molecule has 0 atom stereocenters. The molecule has 7 heteroatoms. The van der Waals surface area contributed by atoms with Crippen LogP contribution in [0, 0.1) is 11.3 Å². The minimum Gasteiger partial charge on any atom is -0.455 e. The van der Waals surface area contributed by atoms with E-state index in [9.17, 15) is 13.2 Å². The number of nitrogen functional groups attached to an aromatic ring is 1. The second kappa shape index (κ2) is 5.66. The smallest absolute Gasteiger partial charge is 0.420 e. The van der Waals surface area contributed by atoms with Crippen LogP contribution in [0.3, 0.4) is 0 Å². The van der Waals surface area contributed by atoms with Crippen LogP contribution in [-0.2, 0) is 6.18 Å². The Labute approximate surface area is 126 Å². The predicted molar refractivity (Wildman–Crippen MR) is 74.8 cm³/mol. The molecule has 0 aliphatic rings. The second-order valence-electron chi connectivity index (χ2n) is 4.10. The third kappa shape index (κ3) is 3.47. The topological polar surface area (TPSA) is 59.0 Å². The maximum atomic E-state index is 13.0. The van der Waals surface area contributed by atoms with Gasteiger partial charge in [0.15, 0.2) is 0 Å². The van der Waals surface area contributed by atoms with Gasteiger partial charge in [-0.05, 0) is 36.4 Å². The van der Waals surface area contributed by atoms with Crippen LogP contribution in [0.1, 0.15) is 11.1 Å². The minimum absolute atomic E-state index is 0.0987. The highest BCUT2D eigenvalue weighted by molar-refractivity contribution is 9.10. The molecule has 2 N–H and O–H groups in total. The van der Waals surface area contributed by atoms with Crippen molar-refractivity contribution in [3.8, 4) is 17.6 Å². The van der Waals surface area contributed by atoms with Crippen molar-refractivity contribution < 1.29 is 17.9 Å². The SMILES string of the molecule is N#Cc1ccc(Oc2ccc(Br)cc2N)c(C(F)(F)F)c1. The average Bonchev–Trinajstić information content (AvgIpc) is 2.41. The molecule has 0 fully saturated rings. The van der Waals surface area contributed by atoms with Crippen LogP contribution in [0.5, 0.6) is 11.5 Å². The number of nitrogens with two attached hydrogens (primary N) is 1. The third-order valence-electron chi connectivity index (χ3n) is 2.61. The van der Waals surface area contributed by atoms with Crippen molar-refractivity contribution in [2.75, 3.05) is 5.73 Å². The minimum atomic E-state index is -4.63. The highest BCUT2D eigenvalue weighted by Gasteiger charge is 2.35. The summed E-state index contributed by atoms with van der Waals surface area (Å²) in [6, 6.07) is 9.33. The van der Waals surface area contributed by atoms with Gasteiger partial charge in [-0.3, -0.25) is 0 Å². The lowest BCUT2D eigenvalue weighted by molar-refractivity contribution is -0.138. The zero-order valence-electron chi connectivity index (χ0n) is 10.4. The summed E-state index contributed by atoms with van der Waals surface area (Å²) in [5.41, 5.74) is 4.77. The van der Waals surface area contributed by atoms with Crippen molar-refractivity contribution in [3.05, 3.63) is 52.0 Å². The van der Waals surface area contributed by atoms with Crippen molar-refractivity contribution in [1.29, 1.82) is 5.26 Å². The molecule has 0 radical (unpaired) electrons. The summed E-state index contributed by atoms with van der Waals surface area (Å²) in [5, 5.41) is 8.70. The monoisotopic (exact) mass is 356 g/mol. The molecule has 2 aromatic carbocycles. The van der Waals surface area contributed by atoms with Crippen LogP contribution in [-0.4, -0.2) is 0 Å². The number of nitrogens with zero attached hydrogens (tertiary/aromatic N) is 1. The summed E-state index contributed by atoms with van der Waals surface area (Å²) >= 11 is 3.20. The maximum Gasteiger partial charge on any atom is 0.420 e. The molecule has 0 saturated heterocycles. The summed E-state index contributed by atoms with van der Waals surface area (Å²) in [4.78, 5) is 0. The summed E-state index contributed by atoms with van der Waals surface area (Å²) in [6.07, 6.45) is -4.63. The highest BCUT2D eigenvalue weighted by atomic mass is 79.9. The van der Waals surface area contributed by atoms with Crippen molar-refractivity contribution >= 4 is 21.6 Å². The lowest BCUT2D eigenvalue weighted by atomic mass is 10.1. The molecule has 3 nitrogen and oxygen atoms in total. The molecule has 2 rings (SSSR count). The number of hydrogen-bond donors (Lipinski definition) is 1. The Hall–Kier alpha value is -2.20. The summed E-state index contributed by atoms with van der Waals surface area (Å²) < 4.78 is 44.9. The van der Waals surface area contributed by atoms with Crippen LogP contribution in [0.2, 0.25) is 0 Å². The lowest BCUT2D eigenvalue weighted by Gasteiger charge is -2.15. The van der Waals surface area contributed by atoms with Gasteiger partial charge in [0.05, 0.1) is 22.9 Å². The Kier molecular flexibility index (Phi) is 4.09. The quantitative estimate of drug-likeness (QED) is 0.792. The molecule has 0 heterocycles. The molecule has 21 heavy (non-hydrogen) atoms. The van der Waals surface area contributed by atoms with E-state index in [1.165, 1.54) is 18.2 Å². The number of anilines is 1. The Morgan fingerprint density at radius 2 is 1.76 bits per heavy atom. The van der Waals surface area contributed by atoms with Crippen molar-refractivity contribution in [1.82, 2.24) is 0 Å². The molecule has 0 aliphatic carbocycles. The van der Waals surface area contributed by atoms with Crippen molar-refractivity contribution in [3.63, 3.8) is 0 Å². The van der Waals surface area contributed by atoms with Gasteiger partial charge in [0.2, 0.25) is 0 Å². The zero-order valence-corrected chi connectivity index (χ0v) is 12.0. The van der Waals surface area contributed by atoms with Gasteiger partial charge >= 0.3 is 6.18 Å². The van der Waals surface area contributed by atoms with E-state index in [0.717, 1.165) is 12.1 Å². The van der Waals surface area contributed by atoms with E-state index in [4.69, 9.17) is 15.7 Å². The van der Waals surface area contributed by atoms with E-state index in [1.54, 1.807) is 12.1 Å². The molecule has 0 bridgehead atoms. The number of rotatable bonds is 2. The van der Waals surface area contributed by atoms with Gasteiger partial charge in [0.1, 0.15) is 11.5 Å². The van der Waals surface area contributed by atoms with Gasteiger partial charge in [-0.1, -0.05) is 15.9 Å². The Bertz CT molecular complexity index is 723. The largest absolute Gasteiger partial charge is 0.455 e.